The van der Waals surface area contributed by atoms with Crippen molar-refractivity contribution in [1.82, 2.24) is 10.1 Å². The molecule has 0 aliphatic carbocycles. The van der Waals surface area contributed by atoms with Crippen molar-refractivity contribution in [1.29, 1.82) is 0 Å². The van der Waals surface area contributed by atoms with Crippen LogP contribution in [0.15, 0.2) is 47.0 Å². The van der Waals surface area contributed by atoms with E-state index in [2.05, 4.69) is 10.1 Å². The van der Waals surface area contributed by atoms with Gasteiger partial charge in [-0.1, -0.05) is 5.16 Å². The summed E-state index contributed by atoms with van der Waals surface area (Å²) in [5.41, 5.74) is 0.763. The average molecular weight is 389 g/mol. The van der Waals surface area contributed by atoms with Gasteiger partial charge in [0.25, 0.3) is 5.89 Å². The van der Waals surface area contributed by atoms with Gasteiger partial charge < -0.3 is 14.5 Å². The first-order valence-electron chi connectivity index (χ1n) is 9.00. The maximum atomic E-state index is 14.1. The second kappa shape index (κ2) is 7.63. The Morgan fingerprint density at radius 2 is 1.79 bits per heavy atom. The Balaban J connectivity index is 1.52. The van der Waals surface area contributed by atoms with Crippen LogP contribution >= 0.6 is 0 Å². The summed E-state index contributed by atoms with van der Waals surface area (Å²) in [6.45, 7) is 0.420. The fourth-order valence-corrected chi connectivity index (χ4v) is 3.50. The molecule has 0 bridgehead atoms. The van der Waals surface area contributed by atoms with Crippen molar-refractivity contribution in [2.24, 2.45) is 0 Å². The minimum Gasteiger partial charge on any atom is -0.374 e. The fraction of sp³-hybridized carbons (Fsp3) is 0.300. The van der Waals surface area contributed by atoms with Gasteiger partial charge in [-0.15, -0.1) is 0 Å². The van der Waals surface area contributed by atoms with Gasteiger partial charge in [0.1, 0.15) is 23.7 Å². The molecule has 1 aromatic heterocycles. The summed E-state index contributed by atoms with van der Waals surface area (Å²) >= 11 is 0. The number of anilines is 1. The number of halogens is 3. The Bertz CT molecular complexity index is 962. The molecule has 146 valence electrons. The molecule has 1 aliphatic rings. The third-order valence-corrected chi connectivity index (χ3v) is 4.92. The third-order valence-electron chi connectivity index (χ3n) is 4.92. The number of rotatable bonds is 3. The zero-order valence-corrected chi connectivity index (χ0v) is 14.9. The Morgan fingerprint density at radius 1 is 1.04 bits per heavy atom. The molecule has 1 N–H and O–H groups in total. The van der Waals surface area contributed by atoms with Crippen molar-refractivity contribution in [2.75, 3.05) is 11.4 Å². The van der Waals surface area contributed by atoms with Crippen LogP contribution in [0.5, 0.6) is 0 Å². The van der Waals surface area contributed by atoms with Crippen LogP contribution in [0.4, 0.5) is 18.9 Å². The van der Waals surface area contributed by atoms with Crippen LogP contribution in [0.2, 0.25) is 0 Å². The quantitative estimate of drug-likeness (QED) is 0.726. The fourth-order valence-electron chi connectivity index (χ4n) is 3.50. The normalized spacial score (nSPS) is 20.2. The highest BCUT2D eigenvalue weighted by Crippen LogP contribution is 2.33. The Morgan fingerprint density at radius 3 is 2.54 bits per heavy atom. The topological polar surface area (TPSA) is 62.4 Å². The zero-order valence-electron chi connectivity index (χ0n) is 14.9. The molecule has 2 aromatic carbocycles. The molecule has 1 aliphatic heterocycles. The van der Waals surface area contributed by atoms with Crippen LogP contribution in [0.1, 0.15) is 31.0 Å². The standard InChI is InChI=1S/C20H18F3N3O2/c21-14-5-3-12(4-6-14)20-24-19(25-28-20)13-2-1-9-26(18(27)10-13)17-8-7-15(22)11-16(17)23/h3-8,11,13,18,27H,1-2,9-10H2. The van der Waals surface area contributed by atoms with Crippen molar-refractivity contribution in [3.63, 3.8) is 0 Å². The summed E-state index contributed by atoms with van der Waals surface area (Å²) < 4.78 is 45.6. The van der Waals surface area contributed by atoms with E-state index in [4.69, 9.17) is 4.52 Å². The molecule has 3 aromatic rings. The summed E-state index contributed by atoms with van der Waals surface area (Å²) in [5, 5.41) is 14.6. The van der Waals surface area contributed by atoms with Gasteiger partial charge in [0.2, 0.25) is 0 Å². The van der Waals surface area contributed by atoms with Crippen molar-refractivity contribution in [3.8, 4) is 11.5 Å². The van der Waals surface area contributed by atoms with Gasteiger partial charge in [0.05, 0.1) is 5.69 Å². The predicted molar refractivity (Wildman–Crippen MR) is 96.0 cm³/mol. The first kappa shape index (κ1) is 18.5. The van der Waals surface area contributed by atoms with Crippen molar-refractivity contribution >= 4 is 5.69 Å². The molecular weight excluding hydrogens is 371 g/mol. The van der Waals surface area contributed by atoms with E-state index in [9.17, 15) is 18.3 Å². The summed E-state index contributed by atoms with van der Waals surface area (Å²) in [6, 6.07) is 9.02. The van der Waals surface area contributed by atoms with Gasteiger partial charge in [-0.3, -0.25) is 0 Å². The van der Waals surface area contributed by atoms with Gasteiger partial charge >= 0.3 is 0 Å². The molecule has 0 saturated carbocycles. The molecule has 0 amide bonds. The Kier molecular flexibility index (Phi) is 5.04. The number of benzene rings is 2. The molecule has 2 heterocycles. The minimum atomic E-state index is -0.972. The van der Waals surface area contributed by atoms with Crippen molar-refractivity contribution in [3.05, 3.63) is 65.7 Å². The average Bonchev–Trinajstić information content (AvgIpc) is 3.08. The van der Waals surface area contributed by atoms with E-state index in [1.165, 1.54) is 29.2 Å². The van der Waals surface area contributed by atoms with E-state index >= 15 is 0 Å². The number of aliphatic hydroxyl groups is 1. The third kappa shape index (κ3) is 3.73. The molecule has 4 rings (SSSR count). The highest BCUT2D eigenvalue weighted by atomic mass is 19.1. The van der Waals surface area contributed by atoms with Gasteiger partial charge in [0.15, 0.2) is 5.82 Å². The molecule has 5 nitrogen and oxygen atoms in total. The molecule has 2 atom stereocenters. The maximum Gasteiger partial charge on any atom is 0.257 e. The Labute approximate surface area is 159 Å². The molecule has 1 saturated heterocycles. The van der Waals surface area contributed by atoms with Crippen LogP contribution in [0, 0.1) is 17.5 Å². The molecular formula is C20H18F3N3O2. The van der Waals surface area contributed by atoms with Crippen LogP contribution in [-0.2, 0) is 0 Å². The largest absolute Gasteiger partial charge is 0.374 e. The van der Waals surface area contributed by atoms with E-state index in [1.807, 2.05) is 0 Å². The lowest BCUT2D eigenvalue weighted by atomic mass is 9.99. The maximum absolute atomic E-state index is 14.1. The lowest BCUT2D eigenvalue weighted by Gasteiger charge is -2.28. The van der Waals surface area contributed by atoms with Gasteiger partial charge in [-0.2, -0.15) is 4.98 Å². The van der Waals surface area contributed by atoms with Crippen molar-refractivity contribution in [2.45, 2.75) is 31.4 Å². The highest BCUT2D eigenvalue weighted by molar-refractivity contribution is 5.52. The van der Waals surface area contributed by atoms with Crippen LogP contribution in [0.3, 0.4) is 0 Å². The number of hydrogen-bond acceptors (Lipinski definition) is 5. The number of aliphatic hydroxyl groups excluding tert-OH is 1. The van der Waals surface area contributed by atoms with Crippen LogP contribution in [-0.4, -0.2) is 28.0 Å². The summed E-state index contributed by atoms with van der Waals surface area (Å²) in [4.78, 5) is 5.91. The zero-order chi connectivity index (χ0) is 19.7. The molecule has 8 heteroatoms. The van der Waals surface area contributed by atoms with E-state index in [-0.39, 0.29) is 29.7 Å². The van der Waals surface area contributed by atoms with Gasteiger partial charge in [0, 0.05) is 30.5 Å². The van der Waals surface area contributed by atoms with Gasteiger partial charge in [-0.25, -0.2) is 13.2 Å². The minimum absolute atomic E-state index is 0.162. The second-order valence-electron chi connectivity index (χ2n) is 6.81. The van der Waals surface area contributed by atoms with Crippen LogP contribution in [0.25, 0.3) is 11.5 Å². The lowest BCUT2D eigenvalue weighted by molar-refractivity contribution is 0.154. The summed E-state index contributed by atoms with van der Waals surface area (Å²) in [7, 11) is 0. The van der Waals surface area contributed by atoms with Crippen LogP contribution < -0.4 is 4.90 Å². The Hall–Kier alpha value is -2.87. The smallest absolute Gasteiger partial charge is 0.257 e. The van der Waals surface area contributed by atoms with Crippen molar-refractivity contribution < 1.29 is 22.8 Å². The first-order chi connectivity index (χ1) is 13.5. The SMILES string of the molecule is OC1CC(c2noc(-c3ccc(F)cc3)n2)CCCN1c1ccc(F)cc1F. The number of aromatic nitrogens is 2. The molecule has 0 spiro atoms. The van der Waals surface area contributed by atoms with E-state index in [0.29, 0.717) is 30.8 Å². The molecule has 0 radical (unpaired) electrons. The van der Waals surface area contributed by atoms with Gasteiger partial charge in [-0.05, 0) is 49.2 Å². The predicted octanol–water partition coefficient (Wildman–Crippen LogP) is 4.25. The van der Waals surface area contributed by atoms with E-state index in [0.717, 1.165) is 6.07 Å². The summed E-state index contributed by atoms with van der Waals surface area (Å²) in [6.07, 6.45) is 0.650. The van der Waals surface area contributed by atoms with E-state index < -0.39 is 17.9 Å². The summed E-state index contributed by atoms with van der Waals surface area (Å²) in [5.74, 6) is -1.20. The highest BCUT2D eigenvalue weighted by Gasteiger charge is 2.30. The number of nitrogens with zero attached hydrogens (tertiary/aromatic N) is 3. The molecule has 1 fully saturated rings. The monoisotopic (exact) mass is 389 g/mol. The second-order valence-corrected chi connectivity index (χ2v) is 6.81. The molecule has 2 unspecified atom stereocenters. The first-order valence-corrected chi connectivity index (χ1v) is 9.00. The number of hydrogen-bond donors (Lipinski definition) is 1. The molecule has 28 heavy (non-hydrogen) atoms. The van der Waals surface area contributed by atoms with E-state index in [1.54, 1.807) is 12.1 Å². The lowest BCUT2D eigenvalue weighted by Crippen LogP contribution is -2.35.